The average molecular weight is 209 g/mol. The Morgan fingerprint density at radius 1 is 1.13 bits per heavy atom. The van der Waals surface area contributed by atoms with Crippen LogP contribution in [-0.4, -0.2) is 12.6 Å². The summed E-state index contributed by atoms with van der Waals surface area (Å²) in [5.41, 5.74) is 0.644. The lowest BCUT2D eigenvalue weighted by atomic mass is 10.0. The topological polar surface area (TPSA) is 12.0 Å². The first kappa shape index (κ1) is 11.4. The molecule has 0 aromatic carbocycles. The lowest BCUT2D eigenvalue weighted by Gasteiger charge is -2.16. The maximum atomic E-state index is 3.80. The average Bonchev–Trinajstić information content (AvgIpc) is 2.82. The molecule has 0 heterocycles. The van der Waals surface area contributed by atoms with Crippen molar-refractivity contribution in [3.63, 3.8) is 0 Å². The summed E-state index contributed by atoms with van der Waals surface area (Å²) in [6.45, 7) is 8.47. The van der Waals surface area contributed by atoms with Crippen molar-refractivity contribution in [3.8, 4) is 0 Å². The van der Waals surface area contributed by atoms with Crippen LogP contribution >= 0.6 is 0 Å². The predicted octanol–water partition coefficient (Wildman–Crippen LogP) is 3.59. The SMILES string of the molecule is CC1CCCC(NCC2CC2(C)C)CC1. The van der Waals surface area contributed by atoms with Gasteiger partial charge in [0, 0.05) is 6.04 Å². The molecule has 0 aliphatic heterocycles. The Labute approximate surface area is 95.0 Å². The Bertz CT molecular complexity index is 209. The zero-order chi connectivity index (χ0) is 10.9. The molecule has 1 nitrogen and oxygen atoms in total. The molecule has 15 heavy (non-hydrogen) atoms. The molecule has 0 saturated heterocycles. The van der Waals surface area contributed by atoms with E-state index in [9.17, 15) is 0 Å². The minimum atomic E-state index is 0.644. The van der Waals surface area contributed by atoms with Crippen LogP contribution in [0.5, 0.6) is 0 Å². The van der Waals surface area contributed by atoms with Gasteiger partial charge in [0.2, 0.25) is 0 Å². The summed E-state index contributed by atoms with van der Waals surface area (Å²) in [4.78, 5) is 0. The monoisotopic (exact) mass is 209 g/mol. The summed E-state index contributed by atoms with van der Waals surface area (Å²) in [5, 5.41) is 3.80. The van der Waals surface area contributed by atoms with Gasteiger partial charge in [0.15, 0.2) is 0 Å². The van der Waals surface area contributed by atoms with Gasteiger partial charge in [0.25, 0.3) is 0 Å². The molecule has 3 atom stereocenters. The fraction of sp³-hybridized carbons (Fsp3) is 1.00. The molecule has 2 aliphatic carbocycles. The molecule has 0 aromatic rings. The van der Waals surface area contributed by atoms with Crippen molar-refractivity contribution < 1.29 is 0 Å². The van der Waals surface area contributed by atoms with Crippen molar-refractivity contribution in [2.75, 3.05) is 6.54 Å². The van der Waals surface area contributed by atoms with Crippen molar-refractivity contribution >= 4 is 0 Å². The van der Waals surface area contributed by atoms with Gasteiger partial charge in [0.05, 0.1) is 0 Å². The minimum absolute atomic E-state index is 0.644. The van der Waals surface area contributed by atoms with Crippen LogP contribution in [-0.2, 0) is 0 Å². The van der Waals surface area contributed by atoms with Crippen LogP contribution in [0.25, 0.3) is 0 Å². The van der Waals surface area contributed by atoms with E-state index < -0.39 is 0 Å². The fourth-order valence-corrected chi connectivity index (χ4v) is 2.92. The Hall–Kier alpha value is -0.0400. The highest BCUT2D eigenvalue weighted by Gasteiger charge is 2.45. The van der Waals surface area contributed by atoms with E-state index in [1.54, 1.807) is 0 Å². The Balaban J connectivity index is 1.66. The third-order valence-electron chi connectivity index (χ3n) is 4.63. The van der Waals surface area contributed by atoms with Gasteiger partial charge in [0.1, 0.15) is 0 Å². The maximum absolute atomic E-state index is 3.80. The van der Waals surface area contributed by atoms with E-state index >= 15 is 0 Å². The highest BCUT2D eigenvalue weighted by atomic mass is 14.9. The van der Waals surface area contributed by atoms with Crippen LogP contribution < -0.4 is 5.32 Å². The molecular formula is C14H27N. The molecule has 0 spiro atoms. The smallest absolute Gasteiger partial charge is 0.00672 e. The summed E-state index contributed by atoms with van der Waals surface area (Å²) < 4.78 is 0. The van der Waals surface area contributed by atoms with E-state index in [1.165, 1.54) is 45.1 Å². The molecule has 0 bridgehead atoms. The largest absolute Gasteiger partial charge is 0.314 e. The van der Waals surface area contributed by atoms with Crippen molar-refractivity contribution in [2.45, 2.75) is 65.3 Å². The first-order chi connectivity index (χ1) is 7.08. The van der Waals surface area contributed by atoms with Crippen LogP contribution in [0, 0.1) is 17.3 Å². The molecular weight excluding hydrogens is 182 g/mol. The van der Waals surface area contributed by atoms with Crippen molar-refractivity contribution in [2.24, 2.45) is 17.3 Å². The maximum Gasteiger partial charge on any atom is 0.00672 e. The lowest BCUT2D eigenvalue weighted by Crippen LogP contribution is -2.31. The second-order valence-corrected chi connectivity index (χ2v) is 6.61. The van der Waals surface area contributed by atoms with Gasteiger partial charge >= 0.3 is 0 Å². The molecule has 88 valence electrons. The third kappa shape index (κ3) is 3.21. The quantitative estimate of drug-likeness (QED) is 0.700. The van der Waals surface area contributed by atoms with Gasteiger partial charge in [-0.25, -0.2) is 0 Å². The molecule has 2 rings (SSSR count). The van der Waals surface area contributed by atoms with Crippen LogP contribution in [0.15, 0.2) is 0 Å². The lowest BCUT2D eigenvalue weighted by molar-refractivity contribution is 0.420. The zero-order valence-electron chi connectivity index (χ0n) is 10.7. The number of hydrogen-bond donors (Lipinski definition) is 1. The summed E-state index contributed by atoms with van der Waals surface area (Å²) in [5.74, 6) is 1.92. The van der Waals surface area contributed by atoms with Gasteiger partial charge in [-0.15, -0.1) is 0 Å². The predicted molar refractivity (Wildman–Crippen MR) is 65.9 cm³/mol. The molecule has 3 unspecified atom stereocenters. The minimum Gasteiger partial charge on any atom is -0.314 e. The normalized spacial score (nSPS) is 39.8. The molecule has 2 aliphatic rings. The molecule has 1 heteroatoms. The molecule has 2 saturated carbocycles. The Morgan fingerprint density at radius 2 is 1.87 bits per heavy atom. The van der Waals surface area contributed by atoms with Crippen molar-refractivity contribution in [1.82, 2.24) is 5.32 Å². The summed E-state index contributed by atoms with van der Waals surface area (Å²) in [7, 11) is 0. The number of rotatable bonds is 3. The van der Waals surface area contributed by atoms with E-state index in [-0.39, 0.29) is 0 Å². The molecule has 2 fully saturated rings. The second kappa shape index (κ2) is 4.45. The van der Waals surface area contributed by atoms with E-state index in [1.807, 2.05) is 0 Å². The molecule has 0 radical (unpaired) electrons. The van der Waals surface area contributed by atoms with E-state index in [0.29, 0.717) is 5.41 Å². The van der Waals surface area contributed by atoms with Gasteiger partial charge in [-0.05, 0) is 49.5 Å². The Kier molecular flexibility index (Phi) is 3.39. The number of nitrogens with one attached hydrogen (secondary N) is 1. The van der Waals surface area contributed by atoms with Gasteiger partial charge in [-0.3, -0.25) is 0 Å². The number of hydrogen-bond acceptors (Lipinski definition) is 1. The second-order valence-electron chi connectivity index (χ2n) is 6.61. The van der Waals surface area contributed by atoms with E-state index in [4.69, 9.17) is 0 Å². The van der Waals surface area contributed by atoms with Crippen LogP contribution in [0.3, 0.4) is 0 Å². The van der Waals surface area contributed by atoms with Crippen LogP contribution in [0.2, 0.25) is 0 Å². The van der Waals surface area contributed by atoms with Gasteiger partial charge in [-0.1, -0.05) is 33.6 Å². The molecule has 0 aromatic heterocycles. The van der Waals surface area contributed by atoms with E-state index in [0.717, 1.165) is 17.9 Å². The summed E-state index contributed by atoms with van der Waals surface area (Å²) >= 11 is 0. The zero-order valence-corrected chi connectivity index (χ0v) is 10.7. The van der Waals surface area contributed by atoms with Crippen LogP contribution in [0.1, 0.15) is 59.3 Å². The van der Waals surface area contributed by atoms with Gasteiger partial charge in [-0.2, -0.15) is 0 Å². The first-order valence-corrected chi connectivity index (χ1v) is 6.81. The van der Waals surface area contributed by atoms with Crippen LogP contribution in [0.4, 0.5) is 0 Å². The Morgan fingerprint density at radius 3 is 2.53 bits per heavy atom. The summed E-state index contributed by atoms with van der Waals surface area (Å²) in [6, 6.07) is 0.825. The van der Waals surface area contributed by atoms with E-state index in [2.05, 4.69) is 26.1 Å². The van der Waals surface area contributed by atoms with Crippen molar-refractivity contribution in [1.29, 1.82) is 0 Å². The molecule has 1 N–H and O–H groups in total. The first-order valence-electron chi connectivity index (χ1n) is 6.81. The van der Waals surface area contributed by atoms with Gasteiger partial charge < -0.3 is 5.32 Å². The molecule has 0 amide bonds. The summed E-state index contributed by atoms with van der Waals surface area (Å²) in [6.07, 6.45) is 8.58. The highest BCUT2D eigenvalue weighted by Crippen LogP contribution is 2.51. The highest BCUT2D eigenvalue weighted by molar-refractivity contribution is 4.96. The standard InChI is InChI=1S/C14H27N/c1-11-5-4-6-13(8-7-11)15-10-12-9-14(12,2)3/h11-13,15H,4-10H2,1-3H3. The fourth-order valence-electron chi connectivity index (χ4n) is 2.92. The van der Waals surface area contributed by atoms with Crippen molar-refractivity contribution in [3.05, 3.63) is 0 Å². The third-order valence-corrected chi connectivity index (χ3v) is 4.63.